The highest BCUT2D eigenvalue weighted by Gasteiger charge is 2.26. The summed E-state index contributed by atoms with van der Waals surface area (Å²) in [6.07, 6.45) is 0.838. The van der Waals surface area contributed by atoms with E-state index in [0.717, 1.165) is 19.5 Å². The Labute approximate surface area is 123 Å². The molecule has 3 nitrogen and oxygen atoms in total. The first kappa shape index (κ1) is 15.4. The number of hydrogen-bond donors (Lipinski definition) is 0. The van der Waals surface area contributed by atoms with Crippen LogP contribution >= 0.6 is 11.6 Å². The number of ketones is 1. The van der Waals surface area contributed by atoms with E-state index >= 15 is 0 Å². The van der Waals surface area contributed by atoms with Crippen LogP contribution in [0, 0.1) is 5.82 Å². The third-order valence-corrected chi connectivity index (χ3v) is 3.78. The quantitative estimate of drug-likeness (QED) is 0.837. The molecule has 0 saturated carbocycles. The third-order valence-electron chi connectivity index (χ3n) is 3.43. The molecule has 0 bridgehead atoms. The number of carbonyl (C=O) groups excluding carboxylic acids is 1. The molecule has 110 valence electrons. The molecule has 0 amide bonds. The van der Waals surface area contributed by atoms with Gasteiger partial charge >= 0.3 is 0 Å². The number of morpholine rings is 1. The lowest BCUT2D eigenvalue weighted by atomic mass is 10.0. The first-order valence-electron chi connectivity index (χ1n) is 6.90. The second kappa shape index (κ2) is 7.16. The van der Waals surface area contributed by atoms with Crippen LogP contribution in [0.3, 0.4) is 0 Å². The van der Waals surface area contributed by atoms with Crippen molar-refractivity contribution in [1.29, 1.82) is 0 Å². The summed E-state index contributed by atoms with van der Waals surface area (Å²) in [5.74, 6) is -0.395. The van der Waals surface area contributed by atoms with E-state index in [1.54, 1.807) is 6.07 Å². The van der Waals surface area contributed by atoms with E-state index in [-0.39, 0.29) is 12.2 Å². The average Bonchev–Trinajstić information content (AvgIpc) is 2.42. The summed E-state index contributed by atoms with van der Waals surface area (Å²) >= 11 is 5.95. The van der Waals surface area contributed by atoms with Crippen molar-refractivity contribution in [2.75, 3.05) is 26.2 Å². The molecular formula is C15H19ClFNO2. The number of carbonyl (C=O) groups is 1. The molecule has 0 radical (unpaired) electrons. The first-order chi connectivity index (χ1) is 9.60. The van der Waals surface area contributed by atoms with Gasteiger partial charge in [0.15, 0.2) is 5.78 Å². The monoisotopic (exact) mass is 299 g/mol. The zero-order valence-electron chi connectivity index (χ0n) is 11.6. The Morgan fingerprint density at radius 2 is 2.35 bits per heavy atom. The van der Waals surface area contributed by atoms with Crippen molar-refractivity contribution in [3.63, 3.8) is 0 Å². The SMILES string of the molecule is CCCN1CCOC(C(=O)Cc2ccc(F)cc2Cl)C1. The fourth-order valence-electron chi connectivity index (χ4n) is 2.38. The predicted molar refractivity (Wildman–Crippen MR) is 76.6 cm³/mol. The minimum atomic E-state index is -0.406. The van der Waals surface area contributed by atoms with Gasteiger partial charge in [-0.2, -0.15) is 0 Å². The van der Waals surface area contributed by atoms with Gasteiger partial charge in [0.05, 0.1) is 6.61 Å². The van der Waals surface area contributed by atoms with Crippen molar-refractivity contribution in [2.24, 2.45) is 0 Å². The maximum absolute atomic E-state index is 13.0. The van der Waals surface area contributed by atoms with Crippen molar-refractivity contribution >= 4 is 17.4 Å². The molecule has 20 heavy (non-hydrogen) atoms. The maximum Gasteiger partial charge on any atom is 0.167 e. The van der Waals surface area contributed by atoms with Gasteiger partial charge < -0.3 is 4.74 Å². The van der Waals surface area contributed by atoms with Gasteiger partial charge in [0.2, 0.25) is 0 Å². The number of ether oxygens (including phenoxy) is 1. The van der Waals surface area contributed by atoms with E-state index in [9.17, 15) is 9.18 Å². The molecule has 1 aliphatic rings. The fraction of sp³-hybridized carbons (Fsp3) is 0.533. The summed E-state index contributed by atoms with van der Waals surface area (Å²) in [4.78, 5) is 14.5. The van der Waals surface area contributed by atoms with Gasteiger partial charge in [0.25, 0.3) is 0 Å². The molecule has 1 atom stereocenters. The fourth-order valence-corrected chi connectivity index (χ4v) is 2.62. The number of benzene rings is 1. The van der Waals surface area contributed by atoms with Gasteiger partial charge in [-0.05, 0) is 30.7 Å². The van der Waals surface area contributed by atoms with Crippen LogP contribution in [0.2, 0.25) is 5.02 Å². The minimum absolute atomic E-state index is 0.000638. The van der Waals surface area contributed by atoms with E-state index in [2.05, 4.69) is 11.8 Å². The molecule has 1 aromatic rings. The lowest BCUT2D eigenvalue weighted by molar-refractivity contribution is -0.135. The Morgan fingerprint density at radius 1 is 1.55 bits per heavy atom. The normalized spacial score (nSPS) is 20.1. The van der Waals surface area contributed by atoms with Gasteiger partial charge in [-0.3, -0.25) is 9.69 Å². The minimum Gasteiger partial charge on any atom is -0.368 e. The molecule has 0 N–H and O–H groups in total. The van der Waals surface area contributed by atoms with Gasteiger partial charge in [0, 0.05) is 24.5 Å². The van der Waals surface area contributed by atoms with E-state index < -0.39 is 11.9 Å². The first-order valence-corrected chi connectivity index (χ1v) is 7.28. The standard InChI is InChI=1S/C15H19ClFNO2/c1-2-5-18-6-7-20-15(10-18)14(19)8-11-3-4-12(17)9-13(11)16/h3-4,9,15H,2,5-8,10H2,1H3. The van der Waals surface area contributed by atoms with Crippen molar-refractivity contribution in [3.05, 3.63) is 34.6 Å². The molecule has 1 fully saturated rings. The van der Waals surface area contributed by atoms with Gasteiger partial charge in [-0.1, -0.05) is 24.6 Å². The van der Waals surface area contributed by atoms with E-state index in [4.69, 9.17) is 16.3 Å². The van der Waals surface area contributed by atoms with Crippen LogP contribution in [0.4, 0.5) is 4.39 Å². The van der Waals surface area contributed by atoms with Crippen LogP contribution in [0.15, 0.2) is 18.2 Å². The van der Waals surface area contributed by atoms with Crippen LogP contribution < -0.4 is 0 Å². The van der Waals surface area contributed by atoms with Gasteiger partial charge in [0.1, 0.15) is 11.9 Å². The highest BCUT2D eigenvalue weighted by molar-refractivity contribution is 6.31. The Hall–Kier alpha value is -0.970. The zero-order valence-corrected chi connectivity index (χ0v) is 12.3. The van der Waals surface area contributed by atoms with Crippen molar-refractivity contribution in [3.8, 4) is 0 Å². The van der Waals surface area contributed by atoms with Crippen LogP contribution in [0.25, 0.3) is 0 Å². The summed E-state index contributed by atoms with van der Waals surface area (Å²) in [6, 6.07) is 4.11. The Morgan fingerprint density at radius 3 is 3.05 bits per heavy atom. The number of rotatable bonds is 5. The summed E-state index contributed by atoms with van der Waals surface area (Å²) in [5.41, 5.74) is 0.647. The molecule has 5 heteroatoms. The van der Waals surface area contributed by atoms with Crippen LogP contribution in [-0.2, 0) is 16.0 Å². The topological polar surface area (TPSA) is 29.5 Å². The van der Waals surface area contributed by atoms with Crippen LogP contribution in [0.1, 0.15) is 18.9 Å². The molecular weight excluding hydrogens is 281 g/mol. The number of nitrogens with zero attached hydrogens (tertiary/aromatic N) is 1. The van der Waals surface area contributed by atoms with Crippen molar-refractivity contribution in [2.45, 2.75) is 25.9 Å². The summed E-state index contributed by atoms with van der Waals surface area (Å²) in [7, 11) is 0. The Bertz CT molecular complexity index is 479. The van der Waals surface area contributed by atoms with E-state index in [1.165, 1.54) is 12.1 Å². The maximum atomic E-state index is 13.0. The number of Topliss-reactive ketones (excluding diaryl/α,β-unsaturated/α-hetero) is 1. The average molecular weight is 300 g/mol. The summed E-state index contributed by atoms with van der Waals surface area (Å²) in [6.45, 7) is 5.17. The lowest BCUT2D eigenvalue weighted by Gasteiger charge is -2.31. The van der Waals surface area contributed by atoms with Crippen LogP contribution in [-0.4, -0.2) is 43.0 Å². The largest absolute Gasteiger partial charge is 0.368 e. The van der Waals surface area contributed by atoms with Crippen molar-refractivity contribution < 1.29 is 13.9 Å². The molecule has 1 unspecified atom stereocenters. The lowest BCUT2D eigenvalue weighted by Crippen LogP contribution is -2.46. The number of hydrogen-bond acceptors (Lipinski definition) is 3. The number of halogens is 2. The molecule has 1 heterocycles. The smallest absolute Gasteiger partial charge is 0.167 e. The predicted octanol–water partition coefficient (Wildman–Crippen LogP) is 2.70. The second-order valence-corrected chi connectivity index (χ2v) is 5.45. The molecule has 1 aromatic carbocycles. The molecule has 1 aliphatic heterocycles. The third kappa shape index (κ3) is 4.01. The summed E-state index contributed by atoms with van der Waals surface area (Å²) < 4.78 is 18.5. The van der Waals surface area contributed by atoms with E-state index in [0.29, 0.717) is 23.7 Å². The van der Waals surface area contributed by atoms with Gasteiger partial charge in [-0.25, -0.2) is 4.39 Å². The molecule has 1 saturated heterocycles. The Balaban J connectivity index is 1.97. The molecule has 2 rings (SSSR count). The highest BCUT2D eigenvalue weighted by atomic mass is 35.5. The van der Waals surface area contributed by atoms with Gasteiger partial charge in [-0.15, -0.1) is 0 Å². The molecule has 0 aromatic heterocycles. The zero-order chi connectivity index (χ0) is 14.5. The molecule has 0 spiro atoms. The Kier molecular flexibility index (Phi) is 5.52. The molecule has 0 aliphatic carbocycles. The highest BCUT2D eigenvalue weighted by Crippen LogP contribution is 2.19. The second-order valence-electron chi connectivity index (χ2n) is 5.04. The summed E-state index contributed by atoms with van der Waals surface area (Å²) in [5, 5.41) is 0.291. The van der Waals surface area contributed by atoms with E-state index in [1.807, 2.05) is 0 Å². The van der Waals surface area contributed by atoms with Crippen LogP contribution in [0.5, 0.6) is 0 Å². The van der Waals surface area contributed by atoms with Crippen molar-refractivity contribution in [1.82, 2.24) is 4.90 Å².